The average molecular weight is 344 g/mol. The van der Waals surface area contributed by atoms with E-state index < -0.39 is 0 Å². The summed E-state index contributed by atoms with van der Waals surface area (Å²) in [6.45, 7) is 6.23. The number of hydrogen-bond donors (Lipinski definition) is 1. The van der Waals surface area contributed by atoms with Gasteiger partial charge in [-0.1, -0.05) is 90.9 Å². The second-order valence-corrected chi connectivity index (χ2v) is 7.21. The molecule has 0 aromatic carbocycles. The number of aliphatic hydroxyl groups is 1. The van der Waals surface area contributed by atoms with Crippen LogP contribution in [0.4, 0.5) is 0 Å². The maximum atomic E-state index is 9.04. The van der Waals surface area contributed by atoms with E-state index in [2.05, 4.69) is 18.7 Å². The number of hydrogen-bond acceptors (Lipinski definition) is 3. The Kier molecular flexibility index (Phi) is 19.1. The molecule has 0 amide bonds. The van der Waals surface area contributed by atoms with Gasteiger partial charge in [0.25, 0.3) is 0 Å². The van der Waals surface area contributed by atoms with Crippen molar-refractivity contribution in [3.05, 3.63) is 0 Å². The smallest absolute Gasteiger partial charge is 0.110 e. The zero-order valence-corrected chi connectivity index (χ0v) is 16.9. The van der Waals surface area contributed by atoms with E-state index in [0.717, 1.165) is 19.4 Å². The lowest BCUT2D eigenvalue weighted by Crippen LogP contribution is -2.36. The summed E-state index contributed by atoms with van der Waals surface area (Å²) in [5.41, 5.74) is 0. The predicted octanol–water partition coefficient (Wildman–Crippen LogP) is 5.75. The molecule has 0 aromatic rings. The maximum absolute atomic E-state index is 9.04. The summed E-state index contributed by atoms with van der Waals surface area (Å²) in [5.74, 6) is 0. The Morgan fingerprint density at radius 1 is 0.750 bits per heavy atom. The van der Waals surface area contributed by atoms with E-state index in [1.54, 1.807) is 0 Å². The van der Waals surface area contributed by atoms with Gasteiger partial charge in [-0.2, -0.15) is 0 Å². The van der Waals surface area contributed by atoms with Gasteiger partial charge in [0.15, 0.2) is 0 Å². The van der Waals surface area contributed by atoms with Crippen LogP contribution in [0.5, 0.6) is 0 Å². The minimum atomic E-state index is 0.176. The molecule has 3 heteroatoms. The van der Waals surface area contributed by atoms with Crippen LogP contribution in [0.15, 0.2) is 0 Å². The van der Waals surface area contributed by atoms with Gasteiger partial charge in [0.1, 0.15) is 6.23 Å². The van der Waals surface area contributed by atoms with Crippen LogP contribution in [-0.2, 0) is 4.74 Å². The molecule has 0 saturated carbocycles. The Labute approximate surface area is 152 Å². The monoisotopic (exact) mass is 343 g/mol. The van der Waals surface area contributed by atoms with Gasteiger partial charge in [0.2, 0.25) is 0 Å². The normalized spacial score (nSPS) is 12.9. The van der Waals surface area contributed by atoms with Gasteiger partial charge in [0.05, 0.1) is 6.61 Å². The molecule has 0 saturated heterocycles. The average Bonchev–Trinajstić information content (AvgIpc) is 2.58. The van der Waals surface area contributed by atoms with Crippen LogP contribution in [0.2, 0.25) is 0 Å². The molecular weight excluding hydrogens is 298 g/mol. The van der Waals surface area contributed by atoms with E-state index >= 15 is 0 Å². The van der Waals surface area contributed by atoms with Crippen molar-refractivity contribution < 1.29 is 9.84 Å². The summed E-state index contributed by atoms with van der Waals surface area (Å²) in [6.07, 6.45) is 18.9. The van der Waals surface area contributed by atoms with Gasteiger partial charge in [-0.15, -0.1) is 0 Å². The van der Waals surface area contributed by atoms with E-state index in [0.29, 0.717) is 6.54 Å². The molecule has 146 valence electrons. The number of unbranched alkanes of at least 4 members (excludes halogenated alkanes) is 11. The fourth-order valence-corrected chi connectivity index (χ4v) is 3.14. The molecule has 0 fully saturated rings. The highest BCUT2D eigenvalue weighted by Gasteiger charge is 2.13. The Bertz CT molecular complexity index is 236. The maximum Gasteiger partial charge on any atom is 0.110 e. The fourth-order valence-electron chi connectivity index (χ4n) is 3.14. The molecule has 0 radical (unpaired) electrons. The third kappa shape index (κ3) is 15.4. The summed E-state index contributed by atoms with van der Waals surface area (Å²) < 4.78 is 6.00. The SMILES string of the molecule is CCCCCCCCCCCCCCOC(CCC)N(C)CCO. The molecule has 0 rings (SSSR count). The molecule has 0 aliphatic rings. The lowest BCUT2D eigenvalue weighted by molar-refractivity contribution is -0.0581. The highest BCUT2D eigenvalue weighted by Crippen LogP contribution is 2.13. The number of aliphatic hydroxyl groups excluding tert-OH is 1. The van der Waals surface area contributed by atoms with Crippen LogP contribution in [-0.4, -0.2) is 43.0 Å². The molecule has 0 aromatic heterocycles. The quantitative estimate of drug-likeness (QED) is 0.239. The first-order valence-corrected chi connectivity index (χ1v) is 10.7. The number of ether oxygens (including phenoxy) is 1. The van der Waals surface area contributed by atoms with Gasteiger partial charge in [0, 0.05) is 13.2 Å². The topological polar surface area (TPSA) is 32.7 Å². The van der Waals surface area contributed by atoms with E-state index in [1.807, 2.05) is 7.05 Å². The largest absolute Gasteiger partial charge is 0.395 e. The fraction of sp³-hybridized carbons (Fsp3) is 1.00. The summed E-state index contributed by atoms with van der Waals surface area (Å²) in [5, 5.41) is 9.04. The lowest BCUT2D eigenvalue weighted by atomic mass is 10.1. The Hall–Kier alpha value is -0.120. The van der Waals surface area contributed by atoms with Crippen molar-refractivity contribution in [2.24, 2.45) is 0 Å². The summed E-state index contributed by atoms with van der Waals surface area (Å²) in [4.78, 5) is 2.13. The van der Waals surface area contributed by atoms with Crippen molar-refractivity contribution in [1.82, 2.24) is 4.90 Å². The number of nitrogens with zero attached hydrogens (tertiary/aromatic N) is 1. The number of rotatable bonds is 19. The molecule has 0 bridgehead atoms. The molecule has 1 atom stereocenters. The molecule has 3 nitrogen and oxygen atoms in total. The third-order valence-corrected chi connectivity index (χ3v) is 4.79. The van der Waals surface area contributed by atoms with Crippen molar-refractivity contribution in [2.75, 3.05) is 26.8 Å². The van der Waals surface area contributed by atoms with Crippen LogP contribution in [0, 0.1) is 0 Å². The van der Waals surface area contributed by atoms with Crippen molar-refractivity contribution in [3.63, 3.8) is 0 Å². The Morgan fingerprint density at radius 2 is 1.25 bits per heavy atom. The molecule has 1 N–H and O–H groups in total. The Balaban J connectivity index is 3.36. The van der Waals surface area contributed by atoms with E-state index in [4.69, 9.17) is 9.84 Å². The van der Waals surface area contributed by atoms with E-state index in [9.17, 15) is 0 Å². The molecule has 0 aliphatic heterocycles. The first-order chi connectivity index (χ1) is 11.8. The molecule has 24 heavy (non-hydrogen) atoms. The van der Waals surface area contributed by atoms with Gasteiger partial charge in [-0.3, -0.25) is 4.90 Å². The van der Waals surface area contributed by atoms with Crippen molar-refractivity contribution in [2.45, 2.75) is 110 Å². The van der Waals surface area contributed by atoms with Gasteiger partial charge < -0.3 is 9.84 Å². The van der Waals surface area contributed by atoms with Crippen LogP contribution >= 0.6 is 0 Å². The molecule has 1 unspecified atom stereocenters. The van der Waals surface area contributed by atoms with Gasteiger partial charge in [-0.25, -0.2) is 0 Å². The molecule has 0 aliphatic carbocycles. The van der Waals surface area contributed by atoms with Crippen LogP contribution in [0.25, 0.3) is 0 Å². The van der Waals surface area contributed by atoms with Crippen molar-refractivity contribution in [3.8, 4) is 0 Å². The van der Waals surface area contributed by atoms with E-state index in [1.165, 1.54) is 77.0 Å². The summed E-state index contributed by atoms with van der Waals surface area (Å²) in [7, 11) is 2.04. The van der Waals surface area contributed by atoms with Gasteiger partial charge >= 0.3 is 0 Å². The minimum Gasteiger partial charge on any atom is -0.395 e. The second kappa shape index (κ2) is 19.2. The lowest BCUT2D eigenvalue weighted by Gasteiger charge is -2.27. The highest BCUT2D eigenvalue weighted by atomic mass is 16.5. The van der Waals surface area contributed by atoms with Crippen molar-refractivity contribution in [1.29, 1.82) is 0 Å². The van der Waals surface area contributed by atoms with Crippen molar-refractivity contribution >= 4 is 0 Å². The molecule has 0 heterocycles. The molecular formula is C21H45NO2. The Morgan fingerprint density at radius 3 is 1.71 bits per heavy atom. The van der Waals surface area contributed by atoms with Crippen LogP contribution in [0.1, 0.15) is 104 Å². The van der Waals surface area contributed by atoms with Crippen LogP contribution in [0.3, 0.4) is 0 Å². The zero-order valence-electron chi connectivity index (χ0n) is 16.9. The zero-order chi connectivity index (χ0) is 17.9. The summed E-state index contributed by atoms with van der Waals surface area (Å²) >= 11 is 0. The first kappa shape index (κ1) is 23.9. The third-order valence-electron chi connectivity index (χ3n) is 4.79. The standard InChI is InChI=1S/C21H45NO2/c1-4-6-7-8-9-10-11-12-13-14-15-16-20-24-21(17-5-2)22(3)18-19-23/h21,23H,4-20H2,1-3H3. The number of likely N-dealkylation sites (N-methyl/N-ethyl adjacent to an activating group) is 1. The van der Waals surface area contributed by atoms with Gasteiger partial charge in [-0.05, 0) is 19.9 Å². The second-order valence-electron chi connectivity index (χ2n) is 7.21. The van der Waals surface area contributed by atoms with Crippen LogP contribution < -0.4 is 0 Å². The predicted molar refractivity (Wildman–Crippen MR) is 105 cm³/mol. The minimum absolute atomic E-state index is 0.176. The molecule has 0 spiro atoms. The first-order valence-electron chi connectivity index (χ1n) is 10.7. The van der Waals surface area contributed by atoms with E-state index in [-0.39, 0.29) is 12.8 Å². The summed E-state index contributed by atoms with van der Waals surface area (Å²) in [6, 6.07) is 0. The highest BCUT2D eigenvalue weighted by molar-refractivity contribution is 4.58.